The molecule has 0 spiro atoms. The van der Waals surface area contributed by atoms with Crippen molar-refractivity contribution >= 4 is 28.1 Å². The molecule has 35 heavy (non-hydrogen) atoms. The summed E-state index contributed by atoms with van der Waals surface area (Å²) in [6, 6.07) is 16.3. The van der Waals surface area contributed by atoms with E-state index in [-0.39, 0.29) is 5.56 Å². The fraction of sp³-hybridized carbons (Fsp3) is 0.296. The van der Waals surface area contributed by atoms with Gasteiger partial charge in [-0.25, -0.2) is 9.97 Å². The Morgan fingerprint density at radius 2 is 1.86 bits per heavy atom. The first-order valence-corrected chi connectivity index (χ1v) is 12.1. The third-order valence-electron chi connectivity index (χ3n) is 6.82. The third-order valence-corrected chi connectivity index (χ3v) is 6.82. The number of nitrogens with zero attached hydrogens (tertiary/aromatic N) is 5. The van der Waals surface area contributed by atoms with Crippen LogP contribution in [0.1, 0.15) is 11.1 Å². The standard InChI is InChI=1S/C27H28N6O2/c1-19-3-2-4-23-25(19)29-9-10-32(23)24-15-21-16-28-18-30-26(21)33(27(24)34)22-7-5-20(6-8-22)17-31-11-13-35-14-12-31/h2-8,15-16,18,29H,9-14,17H2,1H3. The SMILES string of the molecule is Cc1cccc2c1NCCN2c1cc2cncnc2n(-c2ccc(CN3CCOCC3)cc2)c1=O. The molecule has 2 aliphatic rings. The van der Waals surface area contributed by atoms with E-state index < -0.39 is 0 Å². The minimum Gasteiger partial charge on any atom is -0.381 e. The highest BCUT2D eigenvalue weighted by molar-refractivity contribution is 5.85. The van der Waals surface area contributed by atoms with Crippen molar-refractivity contribution in [3.8, 4) is 5.69 Å². The van der Waals surface area contributed by atoms with E-state index >= 15 is 0 Å². The molecule has 6 rings (SSSR count). The summed E-state index contributed by atoms with van der Waals surface area (Å²) in [5, 5.41) is 4.31. The summed E-state index contributed by atoms with van der Waals surface area (Å²) < 4.78 is 7.17. The van der Waals surface area contributed by atoms with Crippen molar-refractivity contribution < 1.29 is 4.74 Å². The van der Waals surface area contributed by atoms with Gasteiger partial charge >= 0.3 is 0 Å². The van der Waals surface area contributed by atoms with Gasteiger partial charge in [-0.15, -0.1) is 0 Å². The third kappa shape index (κ3) is 4.05. The molecular weight excluding hydrogens is 440 g/mol. The number of pyridine rings is 1. The average Bonchev–Trinajstić information content (AvgIpc) is 2.90. The van der Waals surface area contributed by atoms with Crippen molar-refractivity contribution in [3.05, 3.63) is 82.5 Å². The number of benzene rings is 2. The number of anilines is 3. The predicted octanol–water partition coefficient (Wildman–Crippen LogP) is 3.48. The van der Waals surface area contributed by atoms with Crippen molar-refractivity contribution in [1.82, 2.24) is 19.4 Å². The van der Waals surface area contributed by atoms with E-state index in [1.54, 1.807) is 10.8 Å². The van der Waals surface area contributed by atoms with Gasteiger partial charge in [-0.05, 0) is 42.3 Å². The number of morpholine rings is 1. The summed E-state index contributed by atoms with van der Waals surface area (Å²) in [5.41, 5.74) is 6.39. The minimum absolute atomic E-state index is 0.0912. The molecule has 0 atom stereocenters. The Bertz CT molecular complexity index is 1430. The van der Waals surface area contributed by atoms with Crippen molar-refractivity contribution in [1.29, 1.82) is 0 Å². The lowest BCUT2D eigenvalue weighted by molar-refractivity contribution is 0.0342. The summed E-state index contributed by atoms with van der Waals surface area (Å²) in [4.78, 5) is 27.2. The molecule has 2 aromatic carbocycles. The average molecular weight is 469 g/mol. The van der Waals surface area contributed by atoms with Gasteiger partial charge in [0.2, 0.25) is 0 Å². The molecule has 1 N–H and O–H groups in total. The van der Waals surface area contributed by atoms with E-state index in [4.69, 9.17) is 4.74 Å². The van der Waals surface area contributed by atoms with E-state index in [9.17, 15) is 4.79 Å². The smallest absolute Gasteiger partial charge is 0.280 e. The van der Waals surface area contributed by atoms with Crippen LogP contribution in [0.25, 0.3) is 16.7 Å². The Labute approximate surface area is 203 Å². The Morgan fingerprint density at radius 3 is 2.69 bits per heavy atom. The molecule has 0 aliphatic carbocycles. The number of nitrogens with one attached hydrogen (secondary N) is 1. The molecule has 8 nitrogen and oxygen atoms in total. The van der Waals surface area contributed by atoms with E-state index in [1.807, 2.05) is 24.3 Å². The summed E-state index contributed by atoms with van der Waals surface area (Å²) in [7, 11) is 0. The van der Waals surface area contributed by atoms with Gasteiger partial charge in [-0.1, -0.05) is 24.3 Å². The summed E-state index contributed by atoms with van der Waals surface area (Å²) in [5.74, 6) is 0. The van der Waals surface area contributed by atoms with Crippen LogP contribution in [-0.2, 0) is 11.3 Å². The van der Waals surface area contributed by atoms with Gasteiger partial charge in [-0.2, -0.15) is 0 Å². The van der Waals surface area contributed by atoms with Crippen molar-refractivity contribution in [3.63, 3.8) is 0 Å². The van der Waals surface area contributed by atoms with Crippen molar-refractivity contribution in [2.45, 2.75) is 13.5 Å². The quantitative estimate of drug-likeness (QED) is 0.491. The molecule has 8 heteroatoms. The van der Waals surface area contributed by atoms with Crippen LogP contribution in [0.5, 0.6) is 0 Å². The molecule has 0 radical (unpaired) electrons. The summed E-state index contributed by atoms with van der Waals surface area (Å²) >= 11 is 0. The van der Waals surface area contributed by atoms with Gasteiger partial charge in [0, 0.05) is 44.3 Å². The van der Waals surface area contributed by atoms with Crippen molar-refractivity contribution in [2.24, 2.45) is 0 Å². The van der Waals surface area contributed by atoms with Gasteiger partial charge < -0.3 is 15.0 Å². The van der Waals surface area contributed by atoms with Gasteiger partial charge in [0.05, 0.1) is 30.3 Å². The zero-order chi connectivity index (χ0) is 23.8. The van der Waals surface area contributed by atoms with E-state index in [1.165, 1.54) is 11.9 Å². The number of para-hydroxylation sites is 1. The topological polar surface area (TPSA) is 75.5 Å². The fourth-order valence-corrected chi connectivity index (χ4v) is 5.01. The Kier molecular flexibility index (Phi) is 5.67. The van der Waals surface area contributed by atoms with E-state index in [2.05, 4.69) is 56.3 Å². The predicted molar refractivity (Wildman–Crippen MR) is 138 cm³/mol. The number of hydrogen-bond acceptors (Lipinski definition) is 7. The zero-order valence-corrected chi connectivity index (χ0v) is 19.8. The molecule has 4 aromatic rings. The maximum Gasteiger partial charge on any atom is 0.280 e. The number of hydrogen-bond donors (Lipinski definition) is 1. The lowest BCUT2D eigenvalue weighted by atomic mass is 10.1. The second-order valence-corrected chi connectivity index (χ2v) is 9.07. The van der Waals surface area contributed by atoms with Crippen LogP contribution in [0, 0.1) is 6.92 Å². The number of ether oxygens (including phenoxy) is 1. The molecule has 0 bridgehead atoms. The van der Waals surface area contributed by atoms with E-state index in [0.717, 1.165) is 67.4 Å². The first-order valence-electron chi connectivity index (χ1n) is 12.1. The first kappa shape index (κ1) is 21.8. The Hall–Kier alpha value is -3.75. The van der Waals surface area contributed by atoms with Crippen LogP contribution in [-0.4, -0.2) is 58.8 Å². The molecule has 2 aromatic heterocycles. The second kappa shape index (κ2) is 9.13. The summed E-state index contributed by atoms with van der Waals surface area (Å²) in [6.45, 7) is 7.85. The van der Waals surface area contributed by atoms with E-state index in [0.29, 0.717) is 17.9 Å². The summed E-state index contributed by atoms with van der Waals surface area (Å²) in [6.07, 6.45) is 3.27. The maximum atomic E-state index is 14.0. The highest BCUT2D eigenvalue weighted by Crippen LogP contribution is 2.36. The van der Waals surface area contributed by atoms with Crippen molar-refractivity contribution in [2.75, 3.05) is 49.6 Å². The molecule has 0 amide bonds. The largest absolute Gasteiger partial charge is 0.381 e. The molecule has 4 heterocycles. The Morgan fingerprint density at radius 1 is 1.03 bits per heavy atom. The molecule has 0 unspecified atom stereocenters. The lowest BCUT2D eigenvalue weighted by Gasteiger charge is -2.33. The van der Waals surface area contributed by atoms with Crippen LogP contribution in [0.15, 0.2) is 65.8 Å². The lowest BCUT2D eigenvalue weighted by Crippen LogP contribution is -2.36. The number of fused-ring (bicyclic) bond motifs is 2. The normalized spacial score (nSPS) is 16.2. The monoisotopic (exact) mass is 468 g/mol. The minimum atomic E-state index is -0.0912. The van der Waals surface area contributed by atoms with Gasteiger partial charge in [-0.3, -0.25) is 14.3 Å². The highest BCUT2D eigenvalue weighted by atomic mass is 16.5. The van der Waals surface area contributed by atoms with Crippen LogP contribution < -0.4 is 15.8 Å². The van der Waals surface area contributed by atoms with Crippen LogP contribution >= 0.6 is 0 Å². The maximum absolute atomic E-state index is 14.0. The number of rotatable bonds is 4. The zero-order valence-electron chi connectivity index (χ0n) is 19.8. The van der Waals surface area contributed by atoms with Crippen LogP contribution in [0.3, 0.4) is 0 Å². The molecule has 1 fully saturated rings. The molecular formula is C27H28N6O2. The second-order valence-electron chi connectivity index (χ2n) is 9.07. The highest BCUT2D eigenvalue weighted by Gasteiger charge is 2.24. The number of aromatic nitrogens is 3. The van der Waals surface area contributed by atoms with Gasteiger partial charge in [0.25, 0.3) is 5.56 Å². The molecule has 178 valence electrons. The Balaban J connectivity index is 1.44. The van der Waals surface area contributed by atoms with Gasteiger partial charge in [0.1, 0.15) is 12.0 Å². The van der Waals surface area contributed by atoms with Crippen LogP contribution in [0.4, 0.5) is 17.1 Å². The number of aryl methyl sites for hydroxylation is 1. The molecule has 2 aliphatic heterocycles. The first-order chi connectivity index (χ1) is 17.2. The molecule has 1 saturated heterocycles. The molecule has 0 saturated carbocycles. The van der Waals surface area contributed by atoms with Crippen LogP contribution in [0.2, 0.25) is 0 Å². The van der Waals surface area contributed by atoms with Gasteiger partial charge in [0.15, 0.2) is 5.65 Å². The fourth-order valence-electron chi connectivity index (χ4n) is 5.01.